The van der Waals surface area contributed by atoms with Gasteiger partial charge in [-0.05, 0) is 31.5 Å². The van der Waals surface area contributed by atoms with Crippen LogP contribution >= 0.6 is 11.3 Å². The van der Waals surface area contributed by atoms with Gasteiger partial charge in [0.1, 0.15) is 5.75 Å². The lowest BCUT2D eigenvalue weighted by Gasteiger charge is -2.17. The summed E-state index contributed by atoms with van der Waals surface area (Å²) in [4.78, 5) is 29.6. The Balaban J connectivity index is 1.76. The second-order valence-corrected chi connectivity index (χ2v) is 6.58. The summed E-state index contributed by atoms with van der Waals surface area (Å²) in [6.07, 6.45) is 0.0836. The molecule has 134 valence electrons. The summed E-state index contributed by atoms with van der Waals surface area (Å²) in [6.45, 7) is 4.59. The molecule has 25 heavy (non-hydrogen) atoms. The molecule has 0 bridgehead atoms. The smallest absolute Gasteiger partial charge is 0.312 e. The van der Waals surface area contributed by atoms with Gasteiger partial charge in [-0.1, -0.05) is 12.1 Å². The third-order valence-electron chi connectivity index (χ3n) is 3.43. The minimum atomic E-state index is -0.451. The molecule has 2 aromatic rings. The standard InChI is InChI=1S/C18H22N2O4S/c1-4-23-16-7-5-14(6-8-16)10-20(3)17(21)11-24-18(22)9-15-12-25-13(2)19-15/h5-8,12H,4,9-11H2,1-3H3. The number of thiazole rings is 1. The van der Waals surface area contributed by atoms with Crippen LogP contribution < -0.4 is 4.74 Å². The molecular weight excluding hydrogens is 340 g/mol. The summed E-state index contributed by atoms with van der Waals surface area (Å²) in [5, 5.41) is 2.71. The molecule has 0 spiro atoms. The van der Waals surface area contributed by atoms with E-state index in [4.69, 9.17) is 9.47 Å². The van der Waals surface area contributed by atoms with Crippen molar-refractivity contribution in [3.63, 3.8) is 0 Å². The van der Waals surface area contributed by atoms with Crippen molar-refractivity contribution in [2.75, 3.05) is 20.3 Å². The van der Waals surface area contributed by atoms with E-state index in [1.54, 1.807) is 7.05 Å². The van der Waals surface area contributed by atoms with E-state index in [0.29, 0.717) is 18.8 Å². The molecule has 0 radical (unpaired) electrons. The molecular formula is C18H22N2O4S. The number of aromatic nitrogens is 1. The number of esters is 1. The van der Waals surface area contributed by atoms with E-state index >= 15 is 0 Å². The molecule has 0 aliphatic carbocycles. The number of ether oxygens (including phenoxy) is 2. The van der Waals surface area contributed by atoms with Crippen molar-refractivity contribution in [3.05, 3.63) is 45.9 Å². The molecule has 0 fully saturated rings. The fraction of sp³-hybridized carbons (Fsp3) is 0.389. The van der Waals surface area contributed by atoms with Crippen LogP contribution in [0.4, 0.5) is 0 Å². The minimum absolute atomic E-state index is 0.0836. The molecule has 6 nitrogen and oxygen atoms in total. The molecule has 0 aliphatic rings. The van der Waals surface area contributed by atoms with Gasteiger partial charge in [0.2, 0.25) is 0 Å². The molecule has 0 atom stereocenters. The average molecular weight is 362 g/mol. The molecule has 0 saturated carbocycles. The van der Waals surface area contributed by atoms with Crippen molar-refractivity contribution >= 4 is 23.2 Å². The van der Waals surface area contributed by atoms with Crippen LogP contribution in [-0.2, 0) is 27.3 Å². The summed E-state index contributed by atoms with van der Waals surface area (Å²) in [7, 11) is 1.68. The highest BCUT2D eigenvalue weighted by Gasteiger charge is 2.14. The predicted molar refractivity (Wildman–Crippen MR) is 95.6 cm³/mol. The van der Waals surface area contributed by atoms with Crippen molar-refractivity contribution in [2.45, 2.75) is 26.8 Å². The quantitative estimate of drug-likeness (QED) is 0.675. The van der Waals surface area contributed by atoms with Gasteiger partial charge in [0.05, 0.1) is 23.7 Å². The van der Waals surface area contributed by atoms with Gasteiger partial charge in [-0.2, -0.15) is 0 Å². The number of carbonyl (C=O) groups is 2. The maximum atomic E-state index is 12.1. The minimum Gasteiger partial charge on any atom is -0.494 e. The molecule has 1 heterocycles. The van der Waals surface area contributed by atoms with Gasteiger partial charge in [-0.25, -0.2) is 4.98 Å². The van der Waals surface area contributed by atoms with Gasteiger partial charge in [0, 0.05) is 19.0 Å². The van der Waals surface area contributed by atoms with E-state index in [-0.39, 0.29) is 18.9 Å². The van der Waals surface area contributed by atoms with Crippen LogP contribution in [0.25, 0.3) is 0 Å². The molecule has 1 amide bonds. The number of likely N-dealkylation sites (N-methyl/N-ethyl adjacent to an activating group) is 1. The second-order valence-electron chi connectivity index (χ2n) is 5.52. The predicted octanol–water partition coefficient (Wildman–Crippen LogP) is 2.59. The maximum absolute atomic E-state index is 12.1. The lowest BCUT2D eigenvalue weighted by molar-refractivity contribution is -0.151. The molecule has 0 saturated heterocycles. The Hall–Kier alpha value is -2.41. The van der Waals surface area contributed by atoms with Gasteiger partial charge in [0.15, 0.2) is 6.61 Å². The van der Waals surface area contributed by atoms with Crippen molar-refractivity contribution < 1.29 is 19.1 Å². The van der Waals surface area contributed by atoms with Gasteiger partial charge in [-0.3, -0.25) is 9.59 Å². The molecule has 2 rings (SSSR count). The number of carbonyl (C=O) groups excluding carboxylic acids is 2. The van der Waals surface area contributed by atoms with Crippen LogP contribution in [0.5, 0.6) is 5.75 Å². The first-order chi connectivity index (χ1) is 12.0. The molecule has 1 aromatic heterocycles. The second kappa shape index (κ2) is 9.17. The summed E-state index contributed by atoms with van der Waals surface area (Å²) in [6, 6.07) is 7.55. The van der Waals surface area contributed by atoms with Crippen LogP contribution in [0.15, 0.2) is 29.6 Å². The zero-order valence-electron chi connectivity index (χ0n) is 14.7. The number of benzene rings is 1. The van der Waals surface area contributed by atoms with Crippen molar-refractivity contribution in [3.8, 4) is 5.75 Å². The number of rotatable bonds is 8. The van der Waals surface area contributed by atoms with E-state index in [2.05, 4.69) is 4.98 Å². The fourth-order valence-corrected chi connectivity index (χ4v) is 2.77. The van der Waals surface area contributed by atoms with Crippen molar-refractivity contribution in [1.82, 2.24) is 9.88 Å². The Morgan fingerprint density at radius 3 is 2.56 bits per heavy atom. The number of aryl methyl sites for hydroxylation is 1. The number of hydrogen-bond donors (Lipinski definition) is 0. The Morgan fingerprint density at radius 1 is 1.24 bits per heavy atom. The van der Waals surface area contributed by atoms with Gasteiger partial charge < -0.3 is 14.4 Å². The van der Waals surface area contributed by atoms with Crippen LogP contribution in [0.3, 0.4) is 0 Å². The number of nitrogens with zero attached hydrogens (tertiary/aromatic N) is 2. The highest BCUT2D eigenvalue weighted by atomic mass is 32.1. The van der Waals surface area contributed by atoms with E-state index in [9.17, 15) is 9.59 Å². The van der Waals surface area contributed by atoms with Crippen LogP contribution in [0.2, 0.25) is 0 Å². The molecule has 0 aliphatic heterocycles. The Labute approximate surface area is 151 Å². The topological polar surface area (TPSA) is 68.7 Å². The van der Waals surface area contributed by atoms with Gasteiger partial charge in [0.25, 0.3) is 5.91 Å². The maximum Gasteiger partial charge on any atom is 0.312 e. The SMILES string of the molecule is CCOc1ccc(CN(C)C(=O)COC(=O)Cc2csc(C)n2)cc1. The lowest BCUT2D eigenvalue weighted by atomic mass is 10.2. The van der Waals surface area contributed by atoms with Crippen molar-refractivity contribution in [2.24, 2.45) is 0 Å². The van der Waals surface area contributed by atoms with E-state index in [1.807, 2.05) is 43.5 Å². The van der Waals surface area contributed by atoms with E-state index < -0.39 is 5.97 Å². The fourth-order valence-electron chi connectivity index (χ4n) is 2.16. The molecule has 0 unspecified atom stereocenters. The molecule has 0 N–H and O–H groups in total. The number of hydrogen-bond acceptors (Lipinski definition) is 6. The molecule has 1 aromatic carbocycles. The lowest BCUT2D eigenvalue weighted by Crippen LogP contribution is -2.31. The van der Waals surface area contributed by atoms with Crippen LogP contribution in [0.1, 0.15) is 23.2 Å². The monoisotopic (exact) mass is 362 g/mol. The van der Waals surface area contributed by atoms with Crippen LogP contribution in [0, 0.1) is 6.92 Å². The Morgan fingerprint density at radius 2 is 1.96 bits per heavy atom. The zero-order chi connectivity index (χ0) is 18.2. The molecule has 7 heteroatoms. The third-order valence-corrected chi connectivity index (χ3v) is 4.25. The average Bonchev–Trinajstić information content (AvgIpc) is 2.99. The summed E-state index contributed by atoms with van der Waals surface area (Å²) in [5.74, 6) is 0.0937. The highest BCUT2D eigenvalue weighted by Crippen LogP contribution is 2.13. The highest BCUT2D eigenvalue weighted by molar-refractivity contribution is 7.09. The Bertz CT molecular complexity index is 712. The van der Waals surface area contributed by atoms with E-state index in [1.165, 1.54) is 16.2 Å². The number of amides is 1. The first kappa shape index (κ1) is 18.9. The first-order valence-corrected chi connectivity index (χ1v) is 8.88. The summed E-state index contributed by atoms with van der Waals surface area (Å²) >= 11 is 1.48. The van der Waals surface area contributed by atoms with Crippen molar-refractivity contribution in [1.29, 1.82) is 0 Å². The summed E-state index contributed by atoms with van der Waals surface area (Å²) < 4.78 is 10.4. The zero-order valence-corrected chi connectivity index (χ0v) is 15.5. The Kier molecular flexibility index (Phi) is 6.94. The van der Waals surface area contributed by atoms with Gasteiger partial charge >= 0.3 is 5.97 Å². The van der Waals surface area contributed by atoms with E-state index in [0.717, 1.165) is 16.3 Å². The van der Waals surface area contributed by atoms with Gasteiger partial charge in [-0.15, -0.1) is 11.3 Å². The normalized spacial score (nSPS) is 10.4. The summed E-state index contributed by atoms with van der Waals surface area (Å²) in [5.41, 5.74) is 1.64. The first-order valence-electron chi connectivity index (χ1n) is 8.00. The largest absolute Gasteiger partial charge is 0.494 e. The third kappa shape index (κ3) is 6.19. The van der Waals surface area contributed by atoms with Crippen LogP contribution in [-0.4, -0.2) is 42.0 Å².